The molecule has 0 fully saturated rings. The maximum Gasteiger partial charge on any atom is 0.337 e. The number of carbonyl (C=O) groups is 1. The third-order valence-electron chi connectivity index (χ3n) is 4.75. The number of unbranched alkanes of at least 4 members (excludes halogenated alkanes) is 1. The average molecular weight is 397 g/mol. The molecule has 0 unspecified atom stereocenters. The van der Waals surface area contributed by atoms with Crippen LogP contribution < -0.4 is 0 Å². The fourth-order valence-corrected chi connectivity index (χ4v) is 4.06. The van der Waals surface area contributed by atoms with Gasteiger partial charge in [-0.15, -0.1) is 11.3 Å². The van der Waals surface area contributed by atoms with E-state index in [1.807, 2.05) is 41.1 Å². The lowest BCUT2D eigenvalue weighted by Gasteiger charge is -2.15. The van der Waals surface area contributed by atoms with Gasteiger partial charge in [0.05, 0.1) is 24.0 Å². The number of nitrogens with zero attached hydrogens (tertiary/aromatic N) is 2. The second-order valence-corrected chi connectivity index (χ2v) is 7.61. The topological polar surface area (TPSA) is 75.3 Å². The predicted octanol–water partition coefficient (Wildman–Crippen LogP) is 5.06. The summed E-state index contributed by atoms with van der Waals surface area (Å²) >= 11 is 1.41. The third kappa shape index (κ3) is 4.17. The Balaban J connectivity index is 2.12. The van der Waals surface area contributed by atoms with Crippen LogP contribution in [0.15, 0.2) is 48.0 Å². The van der Waals surface area contributed by atoms with Crippen LogP contribution in [-0.4, -0.2) is 25.7 Å². The van der Waals surface area contributed by atoms with Gasteiger partial charge in [-0.2, -0.15) is 0 Å². The summed E-state index contributed by atoms with van der Waals surface area (Å²) in [5, 5.41) is 21.9. The van der Waals surface area contributed by atoms with Gasteiger partial charge in [-0.25, -0.2) is 9.78 Å². The van der Waals surface area contributed by atoms with Crippen molar-refractivity contribution in [3.63, 3.8) is 0 Å². The van der Waals surface area contributed by atoms with Gasteiger partial charge in [0.15, 0.2) is 0 Å². The number of hydrogen-bond acceptors (Lipinski definition) is 4. The zero-order valence-electron chi connectivity index (χ0n) is 16.1. The number of carboxylic acids is 1. The molecule has 28 heavy (non-hydrogen) atoms. The smallest absolute Gasteiger partial charge is 0.337 e. The predicted molar refractivity (Wildman–Crippen MR) is 112 cm³/mol. The number of thiophene rings is 1. The van der Waals surface area contributed by atoms with Gasteiger partial charge >= 0.3 is 5.97 Å². The second kappa shape index (κ2) is 8.89. The summed E-state index contributed by atoms with van der Waals surface area (Å²) in [4.78, 5) is 17.3. The van der Waals surface area contributed by atoms with Crippen LogP contribution in [0.2, 0.25) is 0 Å². The fraction of sp³-hybridized carbons (Fsp3) is 0.273. The van der Waals surface area contributed by atoms with Gasteiger partial charge in [0, 0.05) is 16.9 Å². The van der Waals surface area contributed by atoms with E-state index in [1.165, 1.54) is 11.3 Å². The van der Waals surface area contributed by atoms with E-state index in [0.717, 1.165) is 41.2 Å². The Morgan fingerprint density at radius 2 is 2.00 bits per heavy atom. The van der Waals surface area contributed by atoms with Crippen molar-refractivity contribution >= 4 is 28.5 Å². The van der Waals surface area contributed by atoms with Crippen molar-refractivity contribution in [2.45, 2.75) is 39.7 Å². The quantitative estimate of drug-likeness (QED) is 0.522. The average Bonchev–Trinajstić information content (AvgIpc) is 3.32. The summed E-state index contributed by atoms with van der Waals surface area (Å²) in [5.41, 5.74) is 2.50. The third-order valence-corrected chi connectivity index (χ3v) is 5.64. The molecule has 6 heteroatoms. The highest BCUT2D eigenvalue weighted by molar-refractivity contribution is 7.11. The first kappa shape index (κ1) is 19.9. The number of para-hydroxylation sites is 1. The maximum atomic E-state index is 12.0. The van der Waals surface area contributed by atoms with Crippen molar-refractivity contribution in [2.75, 3.05) is 0 Å². The van der Waals surface area contributed by atoms with Crippen LogP contribution in [0.1, 0.15) is 48.6 Å². The molecule has 0 radical (unpaired) electrons. The van der Waals surface area contributed by atoms with Crippen molar-refractivity contribution in [2.24, 2.45) is 0 Å². The number of aromatic nitrogens is 2. The van der Waals surface area contributed by atoms with Gasteiger partial charge < -0.3 is 14.8 Å². The van der Waals surface area contributed by atoms with E-state index >= 15 is 0 Å². The first-order chi connectivity index (χ1) is 13.5. The van der Waals surface area contributed by atoms with Crippen LogP contribution in [0.5, 0.6) is 5.75 Å². The Morgan fingerprint density at radius 3 is 2.64 bits per heavy atom. The molecule has 0 aliphatic carbocycles. The van der Waals surface area contributed by atoms with Gasteiger partial charge in [0.2, 0.25) is 0 Å². The maximum absolute atomic E-state index is 12.0. The normalized spacial score (nSPS) is 12.1. The number of phenols is 1. The lowest BCUT2D eigenvalue weighted by atomic mass is 10.0. The van der Waals surface area contributed by atoms with Crippen LogP contribution in [0.25, 0.3) is 11.1 Å². The minimum absolute atomic E-state index is 0.224. The lowest BCUT2D eigenvalue weighted by Crippen LogP contribution is -2.10. The van der Waals surface area contributed by atoms with Gasteiger partial charge in [-0.3, -0.25) is 0 Å². The van der Waals surface area contributed by atoms with Crippen molar-refractivity contribution in [3.8, 4) is 5.75 Å². The van der Waals surface area contributed by atoms with E-state index in [1.54, 1.807) is 18.3 Å². The Bertz CT molecular complexity index is 987. The second-order valence-electron chi connectivity index (χ2n) is 6.66. The molecule has 3 rings (SSSR count). The van der Waals surface area contributed by atoms with Crippen molar-refractivity contribution in [3.05, 3.63) is 69.9 Å². The molecule has 146 valence electrons. The molecule has 0 aliphatic rings. The van der Waals surface area contributed by atoms with Crippen LogP contribution in [-0.2, 0) is 17.8 Å². The molecule has 3 aromatic rings. The number of aliphatic carboxylic acids is 1. The van der Waals surface area contributed by atoms with E-state index in [9.17, 15) is 15.0 Å². The molecule has 2 aromatic heterocycles. The van der Waals surface area contributed by atoms with E-state index in [-0.39, 0.29) is 11.3 Å². The molecule has 2 heterocycles. The number of aryl methyl sites for hydroxylation is 1. The minimum Gasteiger partial charge on any atom is -0.508 e. The van der Waals surface area contributed by atoms with Crippen LogP contribution in [0.4, 0.5) is 0 Å². The van der Waals surface area contributed by atoms with Gasteiger partial charge in [-0.05, 0) is 36.4 Å². The van der Waals surface area contributed by atoms with Crippen molar-refractivity contribution in [1.82, 2.24) is 9.55 Å². The Hall–Kier alpha value is -2.86. The molecule has 0 spiro atoms. The molecule has 0 bridgehead atoms. The molecule has 1 aromatic carbocycles. The summed E-state index contributed by atoms with van der Waals surface area (Å²) < 4.78 is 2.02. The molecule has 0 aliphatic heterocycles. The summed E-state index contributed by atoms with van der Waals surface area (Å²) in [6, 6.07) is 10.9. The zero-order chi connectivity index (χ0) is 20.1. The highest BCUT2D eigenvalue weighted by Crippen LogP contribution is 2.31. The largest absolute Gasteiger partial charge is 0.508 e. The van der Waals surface area contributed by atoms with E-state index in [4.69, 9.17) is 0 Å². The molecule has 0 atom stereocenters. The number of benzene rings is 1. The van der Waals surface area contributed by atoms with Crippen LogP contribution >= 0.6 is 11.3 Å². The number of imidazole rings is 1. The monoisotopic (exact) mass is 396 g/mol. The zero-order valence-corrected chi connectivity index (χ0v) is 16.9. The number of aromatic hydroxyl groups is 1. The summed E-state index contributed by atoms with van der Waals surface area (Å²) in [5.74, 6) is 0.169. The number of phenolic OH excluding ortho intramolecular Hbond substituents is 1. The van der Waals surface area contributed by atoms with E-state index in [0.29, 0.717) is 12.1 Å². The summed E-state index contributed by atoms with van der Waals surface area (Å²) in [6.07, 6.45) is 4.59. The molecule has 0 saturated heterocycles. The molecule has 2 N–H and O–H groups in total. The van der Waals surface area contributed by atoms with Gasteiger partial charge in [-0.1, -0.05) is 37.6 Å². The molecular formula is C22H24N2O3S. The van der Waals surface area contributed by atoms with Crippen LogP contribution in [0, 0.1) is 0 Å². The number of rotatable bonds is 8. The number of allylic oxidation sites excluding steroid dienone is 1. The first-order valence-corrected chi connectivity index (χ1v) is 10.2. The first-order valence-electron chi connectivity index (χ1n) is 9.32. The highest BCUT2D eigenvalue weighted by Gasteiger charge is 2.20. The molecular weight excluding hydrogens is 372 g/mol. The van der Waals surface area contributed by atoms with Crippen molar-refractivity contribution in [1.29, 1.82) is 0 Å². The number of hydrogen-bond donors (Lipinski definition) is 2. The standard InChI is InChI=1S/C22H24N2O3S/c1-3-4-11-20-23-13-17(24(20)14-16-8-5-6-9-18(16)25)15(2)21(22(26)27)19-10-7-12-28-19/h5-10,12-13,25H,3-4,11,14H2,1-2H3,(H,26,27)/b21-15-. The fourth-order valence-electron chi connectivity index (χ4n) is 3.24. The SMILES string of the molecule is CCCCc1ncc(/C(C)=C(\C(=O)O)c2cccs2)n1Cc1ccccc1O. The molecule has 0 amide bonds. The van der Waals surface area contributed by atoms with Crippen LogP contribution in [0.3, 0.4) is 0 Å². The van der Waals surface area contributed by atoms with Gasteiger partial charge in [0.25, 0.3) is 0 Å². The molecule has 5 nitrogen and oxygen atoms in total. The highest BCUT2D eigenvalue weighted by atomic mass is 32.1. The Labute approximate surface area is 168 Å². The number of carboxylic acid groups (broad SMARTS) is 1. The van der Waals surface area contributed by atoms with E-state index in [2.05, 4.69) is 11.9 Å². The van der Waals surface area contributed by atoms with E-state index < -0.39 is 5.97 Å². The Morgan fingerprint density at radius 1 is 1.21 bits per heavy atom. The van der Waals surface area contributed by atoms with Gasteiger partial charge in [0.1, 0.15) is 11.6 Å². The molecule has 0 saturated carbocycles. The Kier molecular flexibility index (Phi) is 6.31. The summed E-state index contributed by atoms with van der Waals surface area (Å²) in [7, 11) is 0. The lowest BCUT2D eigenvalue weighted by molar-refractivity contribution is -0.130. The van der Waals surface area contributed by atoms with Crippen molar-refractivity contribution < 1.29 is 15.0 Å². The summed E-state index contributed by atoms with van der Waals surface area (Å²) in [6.45, 7) is 4.39. The minimum atomic E-state index is -0.953.